The third-order valence-corrected chi connectivity index (χ3v) is 12.2. The largest absolute Gasteiger partial charge is 0.310 e. The van der Waals surface area contributed by atoms with Crippen molar-refractivity contribution in [3.8, 4) is 11.1 Å². The van der Waals surface area contributed by atoms with Gasteiger partial charge in [0.25, 0.3) is 0 Å². The zero-order valence-corrected chi connectivity index (χ0v) is 27.6. The van der Waals surface area contributed by atoms with Crippen molar-refractivity contribution in [1.29, 1.82) is 0 Å². The standard InChI is InChI=1S/C45H37NS/c1-45(2)40-22-10-9-19-39(40)42-41(45)28-27-38-37-21-12-20-36(43(37)47-44(38)42)31-23-25-34(26-24-31)46(33-16-7-4-8-17-33)35-18-11-15-32(29-35)30-13-5-3-6-14-30/h3-29,37,39-40,43H,1-2H3. The zero-order chi connectivity index (χ0) is 31.5. The van der Waals surface area contributed by atoms with Gasteiger partial charge in [-0.1, -0.05) is 141 Å². The van der Waals surface area contributed by atoms with E-state index in [2.05, 4.69) is 194 Å². The lowest BCUT2D eigenvalue weighted by Gasteiger charge is -2.29. The molecule has 1 heterocycles. The SMILES string of the molecule is CC1(C)c2ccc3c(c2C2C=CC=CC21)SC1C(c2ccc(N(c4ccccc4)c4cccc(-c5ccccc5)c4)cc2)=CC=CC31. The van der Waals surface area contributed by atoms with Crippen LogP contribution in [0.15, 0.2) is 169 Å². The summed E-state index contributed by atoms with van der Waals surface area (Å²) in [5.41, 5.74) is 13.4. The van der Waals surface area contributed by atoms with Gasteiger partial charge in [0, 0.05) is 39.0 Å². The first-order valence-electron chi connectivity index (χ1n) is 16.8. The van der Waals surface area contributed by atoms with Crippen molar-refractivity contribution in [3.63, 3.8) is 0 Å². The molecular formula is C45H37NS. The molecule has 228 valence electrons. The van der Waals surface area contributed by atoms with Crippen molar-refractivity contribution in [2.24, 2.45) is 5.92 Å². The predicted molar refractivity (Wildman–Crippen MR) is 200 cm³/mol. The van der Waals surface area contributed by atoms with Crippen LogP contribution < -0.4 is 4.90 Å². The van der Waals surface area contributed by atoms with Crippen LogP contribution >= 0.6 is 11.8 Å². The molecule has 1 nitrogen and oxygen atoms in total. The molecule has 1 aliphatic heterocycles. The number of hydrogen-bond acceptors (Lipinski definition) is 2. The molecule has 0 spiro atoms. The Balaban J connectivity index is 1.06. The predicted octanol–water partition coefficient (Wildman–Crippen LogP) is 12.2. The Hall–Kier alpha value is -4.79. The van der Waals surface area contributed by atoms with Crippen LogP contribution in [0.2, 0.25) is 0 Å². The van der Waals surface area contributed by atoms with E-state index in [0.717, 1.165) is 17.1 Å². The van der Waals surface area contributed by atoms with Gasteiger partial charge in [0.1, 0.15) is 0 Å². The number of nitrogens with zero attached hydrogens (tertiary/aromatic N) is 1. The first-order valence-corrected chi connectivity index (χ1v) is 17.6. The van der Waals surface area contributed by atoms with Crippen molar-refractivity contribution in [3.05, 3.63) is 186 Å². The number of anilines is 3. The van der Waals surface area contributed by atoms with E-state index in [-0.39, 0.29) is 5.41 Å². The number of para-hydroxylation sites is 1. The molecule has 9 rings (SSSR count). The smallest absolute Gasteiger partial charge is 0.0467 e. The van der Waals surface area contributed by atoms with Gasteiger partial charge in [-0.25, -0.2) is 0 Å². The molecular weight excluding hydrogens is 587 g/mol. The Labute approximate surface area is 282 Å². The van der Waals surface area contributed by atoms with E-state index in [1.165, 1.54) is 38.3 Å². The van der Waals surface area contributed by atoms with Gasteiger partial charge in [0.2, 0.25) is 0 Å². The monoisotopic (exact) mass is 623 g/mol. The second-order valence-corrected chi connectivity index (χ2v) is 14.8. The van der Waals surface area contributed by atoms with Gasteiger partial charge in [-0.3, -0.25) is 0 Å². The van der Waals surface area contributed by atoms with Crippen LogP contribution in [0.4, 0.5) is 17.1 Å². The Kier molecular flexibility index (Phi) is 6.76. The summed E-state index contributed by atoms with van der Waals surface area (Å²) in [4.78, 5) is 3.89. The minimum absolute atomic E-state index is 0.139. The van der Waals surface area contributed by atoms with E-state index < -0.39 is 0 Å². The molecule has 47 heavy (non-hydrogen) atoms. The van der Waals surface area contributed by atoms with Gasteiger partial charge >= 0.3 is 0 Å². The average molecular weight is 624 g/mol. The van der Waals surface area contributed by atoms with Gasteiger partial charge < -0.3 is 4.90 Å². The number of benzene rings is 5. The highest BCUT2D eigenvalue weighted by Crippen LogP contribution is 2.61. The molecule has 0 bridgehead atoms. The van der Waals surface area contributed by atoms with Gasteiger partial charge in [-0.05, 0) is 86.7 Å². The Morgan fingerprint density at radius 1 is 0.574 bits per heavy atom. The Bertz CT molecular complexity index is 2100. The second kappa shape index (κ2) is 11.2. The molecule has 0 fully saturated rings. The third kappa shape index (κ3) is 4.61. The minimum atomic E-state index is 0.139. The molecule has 0 aromatic heterocycles. The molecule has 0 saturated carbocycles. The Morgan fingerprint density at radius 3 is 2.06 bits per heavy atom. The summed E-state index contributed by atoms with van der Waals surface area (Å²) >= 11 is 2.10. The number of rotatable bonds is 5. The number of thioether (sulfide) groups is 1. The van der Waals surface area contributed by atoms with Gasteiger partial charge in [0.15, 0.2) is 0 Å². The fourth-order valence-electron chi connectivity index (χ4n) is 8.40. The fourth-order valence-corrected chi connectivity index (χ4v) is 10.1. The first kappa shape index (κ1) is 28.4. The maximum atomic E-state index is 2.45. The summed E-state index contributed by atoms with van der Waals surface area (Å²) in [5, 5.41) is 0.380. The van der Waals surface area contributed by atoms with Crippen LogP contribution in [0.25, 0.3) is 16.7 Å². The summed E-state index contributed by atoms with van der Waals surface area (Å²) in [6.45, 7) is 4.87. The summed E-state index contributed by atoms with van der Waals surface area (Å²) < 4.78 is 0. The third-order valence-electron chi connectivity index (χ3n) is 10.7. The van der Waals surface area contributed by atoms with E-state index in [9.17, 15) is 0 Å². The van der Waals surface area contributed by atoms with Crippen LogP contribution in [-0.2, 0) is 5.41 Å². The lowest BCUT2D eigenvalue weighted by atomic mass is 9.74. The van der Waals surface area contributed by atoms with Gasteiger partial charge in [-0.2, -0.15) is 0 Å². The van der Waals surface area contributed by atoms with Crippen molar-refractivity contribution in [1.82, 2.24) is 0 Å². The maximum absolute atomic E-state index is 2.45. The maximum Gasteiger partial charge on any atom is 0.0467 e. The van der Waals surface area contributed by atoms with E-state index in [0.29, 0.717) is 23.0 Å². The fraction of sp³-hybridized carbons (Fsp3) is 0.156. The van der Waals surface area contributed by atoms with Crippen molar-refractivity contribution >= 4 is 34.4 Å². The molecule has 5 aromatic rings. The normalized spacial score (nSPS) is 22.6. The molecule has 0 radical (unpaired) electrons. The van der Waals surface area contributed by atoms with E-state index in [4.69, 9.17) is 0 Å². The molecule has 5 aromatic carbocycles. The van der Waals surface area contributed by atoms with Gasteiger partial charge in [-0.15, -0.1) is 11.8 Å². The van der Waals surface area contributed by atoms with Crippen molar-refractivity contribution < 1.29 is 0 Å². The molecule has 0 saturated heterocycles. The van der Waals surface area contributed by atoms with Crippen LogP contribution in [0, 0.1) is 5.92 Å². The first-order chi connectivity index (χ1) is 23.1. The molecule has 4 unspecified atom stereocenters. The highest BCUT2D eigenvalue weighted by atomic mass is 32.2. The van der Waals surface area contributed by atoms with E-state index in [1.54, 1.807) is 5.56 Å². The molecule has 3 aliphatic carbocycles. The lowest BCUT2D eigenvalue weighted by molar-refractivity contribution is 0.394. The molecule has 0 amide bonds. The summed E-state index contributed by atoms with van der Waals surface area (Å²) in [6, 6.07) is 44.3. The molecule has 4 aliphatic rings. The highest BCUT2D eigenvalue weighted by molar-refractivity contribution is 8.00. The van der Waals surface area contributed by atoms with E-state index >= 15 is 0 Å². The Morgan fingerprint density at radius 2 is 1.26 bits per heavy atom. The summed E-state index contributed by atoms with van der Waals surface area (Å²) in [7, 11) is 0. The topological polar surface area (TPSA) is 3.24 Å². The quantitative estimate of drug-likeness (QED) is 0.192. The van der Waals surface area contributed by atoms with Gasteiger partial charge in [0.05, 0.1) is 0 Å². The summed E-state index contributed by atoms with van der Waals surface area (Å²) in [5.74, 6) is 1.38. The second-order valence-electron chi connectivity index (χ2n) is 13.7. The molecule has 2 heteroatoms. The lowest BCUT2D eigenvalue weighted by Crippen LogP contribution is -2.24. The molecule has 4 atom stereocenters. The highest BCUT2D eigenvalue weighted by Gasteiger charge is 2.48. The number of fused-ring (bicyclic) bond motifs is 7. The summed E-state index contributed by atoms with van der Waals surface area (Å²) in [6.07, 6.45) is 16.4. The van der Waals surface area contributed by atoms with Crippen molar-refractivity contribution in [2.45, 2.75) is 41.2 Å². The number of hydrogen-bond donors (Lipinski definition) is 0. The number of allylic oxidation sites excluding steroid dienone is 7. The van der Waals surface area contributed by atoms with Crippen LogP contribution in [0.5, 0.6) is 0 Å². The zero-order valence-electron chi connectivity index (χ0n) is 26.8. The average Bonchev–Trinajstić information content (AvgIpc) is 3.62. The minimum Gasteiger partial charge on any atom is -0.310 e. The van der Waals surface area contributed by atoms with E-state index in [1.807, 2.05) is 0 Å². The van der Waals surface area contributed by atoms with Crippen LogP contribution in [-0.4, -0.2) is 5.25 Å². The van der Waals surface area contributed by atoms with Crippen LogP contribution in [0.1, 0.15) is 47.9 Å². The molecule has 0 N–H and O–H groups in total. The van der Waals surface area contributed by atoms with Crippen LogP contribution in [0.3, 0.4) is 0 Å². The van der Waals surface area contributed by atoms with Crippen molar-refractivity contribution in [2.75, 3.05) is 4.90 Å².